The first-order valence-electron chi connectivity index (χ1n) is 7.89. The topological polar surface area (TPSA) is 54.2 Å². The molecule has 0 unspecified atom stereocenters. The standard InChI is InChI=1S/C17H23F2N5.HI/c1-12-9-13(2)24(23-12)8-4-7-21-17(20-3)22-11-14-10-15(18)5-6-16(14)19;/h5-6,9-10H,4,7-8,11H2,1-3H3,(H2,20,21,22);1H. The third-order valence-corrected chi connectivity index (χ3v) is 3.62. The van der Waals surface area contributed by atoms with Crippen molar-refractivity contribution >= 4 is 29.9 Å². The Morgan fingerprint density at radius 3 is 2.60 bits per heavy atom. The van der Waals surface area contributed by atoms with Gasteiger partial charge in [0.1, 0.15) is 11.6 Å². The summed E-state index contributed by atoms with van der Waals surface area (Å²) in [7, 11) is 1.64. The summed E-state index contributed by atoms with van der Waals surface area (Å²) in [5, 5.41) is 10.5. The third kappa shape index (κ3) is 6.60. The average Bonchev–Trinajstić information content (AvgIpc) is 2.87. The maximum atomic E-state index is 13.6. The number of hydrogen-bond donors (Lipinski definition) is 2. The summed E-state index contributed by atoms with van der Waals surface area (Å²) in [6.45, 7) is 5.67. The van der Waals surface area contributed by atoms with E-state index in [1.54, 1.807) is 7.05 Å². The molecule has 0 saturated heterocycles. The Morgan fingerprint density at radius 1 is 1.20 bits per heavy atom. The molecule has 2 rings (SSSR count). The largest absolute Gasteiger partial charge is 0.356 e. The molecule has 0 amide bonds. The van der Waals surface area contributed by atoms with Gasteiger partial charge in [-0.2, -0.15) is 5.10 Å². The maximum absolute atomic E-state index is 13.6. The van der Waals surface area contributed by atoms with Crippen molar-refractivity contribution in [2.75, 3.05) is 13.6 Å². The highest BCUT2D eigenvalue weighted by Gasteiger charge is 2.05. The van der Waals surface area contributed by atoms with E-state index in [0.717, 1.165) is 36.5 Å². The Kier molecular flexibility index (Phi) is 8.81. The first-order valence-corrected chi connectivity index (χ1v) is 7.89. The lowest BCUT2D eigenvalue weighted by Gasteiger charge is -2.12. The van der Waals surface area contributed by atoms with Gasteiger partial charge < -0.3 is 10.6 Å². The number of aliphatic imine (C=N–C) groups is 1. The first-order chi connectivity index (χ1) is 11.5. The summed E-state index contributed by atoms with van der Waals surface area (Å²) >= 11 is 0. The second-order valence-corrected chi connectivity index (χ2v) is 5.59. The fourth-order valence-electron chi connectivity index (χ4n) is 2.42. The van der Waals surface area contributed by atoms with Gasteiger partial charge in [-0.15, -0.1) is 24.0 Å². The Morgan fingerprint density at radius 2 is 1.96 bits per heavy atom. The number of aryl methyl sites for hydroxylation is 3. The predicted octanol–water partition coefficient (Wildman–Crippen LogP) is 3.15. The van der Waals surface area contributed by atoms with E-state index in [-0.39, 0.29) is 36.1 Å². The molecular formula is C17H24F2IN5. The van der Waals surface area contributed by atoms with Crippen molar-refractivity contribution in [3.05, 3.63) is 52.9 Å². The van der Waals surface area contributed by atoms with Crippen molar-refractivity contribution in [1.82, 2.24) is 20.4 Å². The molecule has 0 aliphatic rings. The molecule has 8 heteroatoms. The lowest BCUT2D eigenvalue weighted by Crippen LogP contribution is -2.37. The van der Waals surface area contributed by atoms with E-state index in [1.165, 1.54) is 6.07 Å². The van der Waals surface area contributed by atoms with Gasteiger partial charge in [0.05, 0.1) is 5.69 Å². The highest BCUT2D eigenvalue weighted by Crippen LogP contribution is 2.09. The van der Waals surface area contributed by atoms with Gasteiger partial charge >= 0.3 is 0 Å². The number of nitrogens with one attached hydrogen (secondary N) is 2. The molecule has 2 aromatic rings. The number of nitrogens with zero attached hydrogens (tertiary/aromatic N) is 3. The van der Waals surface area contributed by atoms with Crippen molar-refractivity contribution in [2.24, 2.45) is 4.99 Å². The molecule has 0 radical (unpaired) electrons. The van der Waals surface area contributed by atoms with Gasteiger partial charge in [-0.3, -0.25) is 9.67 Å². The Balaban J connectivity index is 0.00000312. The second kappa shape index (κ2) is 10.3. The molecule has 1 heterocycles. The summed E-state index contributed by atoms with van der Waals surface area (Å²) < 4.78 is 28.7. The normalized spacial score (nSPS) is 11.2. The van der Waals surface area contributed by atoms with E-state index >= 15 is 0 Å². The molecule has 0 aliphatic carbocycles. The zero-order valence-corrected chi connectivity index (χ0v) is 17.0. The van der Waals surface area contributed by atoms with Crippen LogP contribution in [0.4, 0.5) is 8.78 Å². The number of benzene rings is 1. The van der Waals surface area contributed by atoms with Crippen LogP contribution in [0, 0.1) is 25.5 Å². The van der Waals surface area contributed by atoms with Crippen molar-refractivity contribution in [3.8, 4) is 0 Å². The highest BCUT2D eigenvalue weighted by molar-refractivity contribution is 14.0. The first kappa shape index (κ1) is 21.3. The van der Waals surface area contributed by atoms with E-state index in [1.807, 2.05) is 24.6 Å². The van der Waals surface area contributed by atoms with Gasteiger partial charge in [-0.05, 0) is 44.5 Å². The fraction of sp³-hybridized carbons (Fsp3) is 0.412. The molecule has 1 aromatic heterocycles. The van der Waals surface area contributed by atoms with E-state index in [2.05, 4.69) is 20.7 Å². The number of rotatable bonds is 6. The van der Waals surface area contributed by atoms with Gasteiger partial charge in [0, 0.05) is 37.9 Å². The predicted molar refractivity (Wildman–Crippen MR) is 106 cm³/mol. The molecule has 0 fully saturated rings. The number of aromatic nitrogens is 2. The molecule has 0 atom stereocenters. The summed E-state index contributed by atoms with van der Waals surface area (Å²) in [5.74, 6) is -0.350. The number of halogens is 3. The Labute approximate surface area is 163 Å². The lowest BCUT2D eigenvalue weighted by molar-refractivity contribution is 0.554. The summed E-state index contributed by atoms with van der Waals surface area (Å²) in [6, 6.07) is 5.45. The highest BCUT2D eigenvalue weighted by atomic mass is 127. The minimum absolute atomic E-state index is 0. The van der Waals surface area contributed by atoms with E-state index < -0.39 is 11.6 Å². The van der Waals surface area contributed by atoms with Crippen molar-refractivity contribution in [3.63, 3.8) is 0 Å². The van der Waals surface area contributed by atoms with Crippen molar-refractivity contribution < 1.29 is 8.78 Å². The van der Waals surface area contributed by atoms with Gasteiger partial charge in [-0.1, -0.05) is 0 Å². The van der Waals surface area contributed by atoms with Crippen LogP contribution in [0.25, 0.3) is 0 Å². The zero-order chi connectivity index (χ0) is 17.5. The molecule has 1 aromatic carbocycles. The van der Waals surface area contributed by atoms with Crippen LogP contribution in [0.2, 0.25) is 0 Å². The van der Waals surface area contributed by atoms with Gasteiger partial charge in [0.2, 0.25) is 0 Å². The Bertz CT molecular complexity index is 715. The van der Waals surface area contributed by atoms with Crippen LogP contribution >= 0.6 is 24.0 Å². The van der Waals surface area contributed by atoms with Crippen LogP contribution in [0.5, 0.6) is 0 Å². The van der Waals surface area contributed by atoms with Crippen LogP contribution < -0.4 is 10.6 Å². The van der Waals surface area contributed by atoms with Crippen LogP contribution in [0.3, 0.4) is 0 Å². The minimum atomic E-state index is -0.457. The molecule has 0 bridgehead atoms. The molecule has 0 saturated carbocycles. The van der Waals surface area contributed by atoms with E-state index in [4.69, 9.17) is 0 Å². The monoisotopic (exact) mass is 463 g/mol. The van der Waals surface area contributed by atoms with E-state index in [0.29, 0.717) is 12.5 Å². The van der Waals surface area contributed by atoms with Crippen molar-refractivity contribution in [1.29, 1.82) is 0 Å². The van der Waals surface area contributed by atoms with Gasteiger partial charge in [-0.25, -0.2) is 8.78 Å². The molecule has 25 heavy (non-hydrogen) atoms. The molecule has 0 spiro atoms. The average molecular weight is 463 g/mol. The zero-order valence-electron chi connectivity index (χ0n) is 14.6. The SMILES string of the molecule is CN=C(NCCCn1nc(C)cc1C)NCc1cc(F)ccc1F.I. The van der Waals surface area contributed by atoms with Crippen LogP contribution in [-0.2, 0) is 13.1 Å². The van der Waals surface area contributed by atoms with Gasteiger partial charge in [0.25, 0.3) is 0 Å². The van der Waals surface area contributed by atoms with Gasteiger partial charge in [0.15, 0.2) is 5.96 Å². The Hall–Kier alpha value is -1.71. The lowest BCUT2D eigenvalue weighted by atomic mass is 10.2. The number of hydrogen-bond acceptors (Lipinski definition) is 2. The molecule has 0 aliphatic heterocycles. The smallest absolute Gasteiger partial charge is 0.191 e. The third-order valence-electron chi connectivity index (χ3n) is 3.62. The quantitative estimate of drug-likeness (QED) is 0.300. The van der Waals surface area contributed by atoms with Crippen LogP contribution in [0.1, 0.15) is 23.4 Å². The molecular weight excluding hydrogens is 439 g/mol. The summed E-state index contributed by atoms with van der Waals surface area (Å²) in [4.78, 5) is 4.08. The summed E-state index contributed by atoms with van der Waals surface area (Å²) in [6.07, 6.45) is 0.872. The minimum Gasteiger partial charge on any atom is -0.356 e. The second-order valence-electron chi connectivity index (χ2n) is 5.59. The fourth-order valence-corrected chi connectivity index (χ4v) is 2.42. The van der Waals surface area contributed by atoms with Crippen LogP contribution in [0.15, 0.2) is 29.3 Å². The summed E-state index contributed by atoms with van der Waals surface area (Å²) in [5.41, 5.74) is 2.41. The van der Waals surface area contributed by atoms with Crippen LogP contribution in [-0.4, -0.2) is 29.3 Å². The molecule has 138 valence electrons. The molecule has 5 nitrogen and oxygen atoms in total. The number of guanidine groups is 1. The molecule has 2 N–H and O–H groups in total. The van der Waals surface area contributed by atoms with E-state index in [9.17, 15) is 8.78 Å². The maximum Gasteiger partial charge on any atom is 0.191 e. The van der Waals surface area contributed by atoms with Crippen molar-refractivity contribution in [2.45, 2.75) is 33.4 Å².